The average molecular weight is 760 g/mol. The quantitative estimate of drug-likeness (QED) is 0.101. The van der Waals surface area contributed by atoms with Gasteiger partial charge in [-0.2, -0.15) is 0 Å². The third kappa shape index (κ3) is 10.9. The summed E-state index contributed by atoms with van der Waals surface area (Å²) in [7, 11) is 0. The number of benzene rings is 4. The Morgan fingerprint density at radius 2 is 0.792 bits per heavy atom. The first-order valence-corrected chi connectivity index (χ1v) is 17.2. The molecule has 1 heterocycles. The molecule has 0 aromatic heterocycles. The van der Waals surface area contributed by atoms with Crippen LogP contribution in [0.2, 0.25) is 0 Å². The SMILES string of the molecule is CBr.CC1OC(OC(=O)c2ccccc2)[C@H](OC(=O)c2ccccc2)[C@@H](OC(=O)c2ccccc2)[C@@H]1OC(=O)c1ccccc1.ClCCl. The minimum Gasteiger partial charge on any atom is -0.452 e. The van der Waals surface area contributed by atoms with Gasteiger partial charge in [-0.15, -0.1) is 23.2 Å². The lowest BCUT2D eigenvalue weighted by Crippen LogP contribution is -2.61. The van der Waals surface area contributed by atoms with E-state index in [0.717, 1.165) is 0 Å². The predicted octanol–water partition coefficient (Wildman–Crippen LogP) is 7.70. The minimum absolute atomic E-state index is 0.194. The molecule has 12 heteroatoms. The van der Waals surface area contributed by atoms with Crippen molar-refractivity contribution in [3.63, 3.8) is 0 Å². The normalized spacial score (nSPS) is 19.5. The summed E-state index contributed by atoms with van der Waals surface area (Å²) in [5, 5.41) is 0.194. The van der Waals surface area contributed by atoms with Gasteiger partial charge in [0.2, 0.25) is 12.4 Å². The highest BCUT2D eigenvalue weighted by Gasteiger charge is 2.53. The lowest BCUT2D eigenvalue weighted by atomic mass is 9.98. The van der Waals surface area contributed by atoms with Crippen molar-refractivity contribution in [1.82, 2.24) is 0 Å². The molecule has 5 rings (SSSR count). The fraction of sp³-hybridized carbons (Fsp3) is 0.222. The Morgan fingerprint density at radius 3 is 1.12 bits per heavy atom. The number of esters is 4. The first-order valence-electron chi connectivity index (χ1n) is 14.5. The molecular formula is C36H33BrCl2O9. The molecule has 0 bridgehead atoms. The van der Waals surface area contributed by atoms with Gasteiger partial charge in [0, 0.05) is 0 Å². The molecule has 1 saturated heterocycles. The van der Waals surface area contributed by atoms with Crippen molar-refractivity contribution in [2.45, 2.75) is 37.6 Å². The third-order valence-corrected chi connectivity index (χ3v) is 6.72. The molecule has 9 nitrogen and oxygen atoms in total. The maximum atomic E-state index is 13.3. The molecule has 48 heavy (non-hydrogen) atoms. The van der Waals surface area contributed by atoms with E-state index < -0.39 is 54.6 Å². The van der Waals surface area contributed by atoms with Crippen LogP contribution in [0.15, 0.2) is 121 Å². The van der Waals surface area contributed by atoms with E-state index in [1.165, 1.54) is 12.1 Å². The Bertz CT molecular complexity index is 1580. The van der Waals surface area contributed by atoms with Gasteiger partial charge >= 0.3 is 23.9 Å². The van der Waals surface area contributed by atoms with Crippen molar-refractivity contribution in [1.29, 1.82) is 0 Å². The summed E-state index contributed by atoms with van der Waals surface area (Å²) in [6, 6.07) is 32.7. The van der Waals surface area contributed by atoms with Crippen LogP contribution in [0.4, 0.5) is 0 Å². The van der Waals surface area contributed by atoms with Gasteiger partial charge in [-0.1, -0.05) is 88.7 Å². The van der Waals surface area contributed by atoms with Crippen molar-refractivity contribution in [2.75, 3.05) is 11.2 Å². The smallest absolute Gasteiger partial charge is 0.340 e. The van der Waals surface area contributed by atoms with E-state index in [-0.39, 0.29) is 27.6 Å². The summed E-state index contributed by atoms with van der Waals surface area (Å²) in [6.07, 6.45) is -6.67. The van der Waals surface area contributed by atoms with Gasteiger partial charge in [-0.25, -0.2) is 19.2 Å². The minimum atomic E-state index is -1.52. The van der Waals surface area contributed by atoms with E-state index in [1.54, 1.807) is 116 Å². The summed E-state index contributed by atoms with van der Waals surface area (Å²) < 4.78 is 29.2. The standard InChI is InChI=1S/C34H28O9.CH3Br.CH2Cl2/c1-22-27(40-30(35)23-14-6-2-7-15-23)28(41-31(36)24-16-8-3-9-17-24)29(42-32(37)25-18-10-4-11-19-25)34(39-22)43-33(38)26-20-12-5-13-21-26;1-2;2-1-3/h2-22,27-29,34H,1H3;1H3;1H2/t22?,27-,28+,29-,34?;;/m1../s1. The van der Waals surface area contributed by atoms with Gasteiger partial charge < -0.3 is 23.7 Å². The highest BCUT2D eigenvalue weighted by Crippen LogP contribution is 2.31. The maximum absolute atomic E-state index is 13.3. The van der Waals surface area contributed by atoms with Crippen molar-refractivity contribution in [3.05, 3.63) is 144 Å². The molecule has 252 valence electrons. The van der Waals surface area contributed by atoms with Crippen molar-refractivity contribution >= 4 is 63.0 Å². The summed E-state index contributed by atoms with van der Waals surface area (Å²) >= 11 is 12.5. The van der Waals surface area contributed by atoms with Gasteiger partial charge in [-0.05, 0) is 61.3 Å². The molecule has 4 aromatic rings. The van der Waals surface area contributed by atoms with Crippen LogP contribution < -0.4 is 0 Å². The molecule has 4 aromatic carbocycles. The number of hydrogen-bond acceptors (Lipinski definition) is 9. The van der Waals surface area contributed by atoms with Crippen LogP contribution in [0.1, 0.15) is 48.4 Å². The van der Waals surface area contributed by atoms with Gasteiger partial charge in [0.05, 0.1) is 33.7 Å². The lowest BCUT2D eigenvalue weighted by molar-refractivity contribution is -0.274. The zero-order valence-electron chi connectivity index (χ0n) is 25.9. The Balaban J connectivity index is 0.00000118. The molecule has 5 atom stereocenters. The number of rotatable bonds is 8. The molecule has 0 saturated carbocycles. The number of carbonyl (C=O) groups excluding carboxylic acids is 4. The van der Waals surface area contributed by atoms with E-state index >= 15 is 0 Å². The monoisotopic (exact) mass is 758 g/mol. The van der Waals surface area contributed by atoms with Crippen LogP contribution >= 0.6 is 39.1 Å². The summed E-state index contributed by atoms with van der Waals surface area (Å²) in [5.41, 5.74) is 0.876. The van der Waals surface area contributed by atoms with Crippen LogP contribution in [0.3, 0.4) is 0 Å². The van der Waals surface area contributed by atoms with Gasteiger partial charge in [0.25, 0.3) is 0 Å². The second-order valence-corrected chi connectivity index (χ2v) is 10.6. The predicted molar refractivity (Wildman–Crippen MR) is 185 cm³/mol. The highest BCUT2D eigenvalue weighted by molar-refractivity contribution is 9.08. The number of ether oxygens (including phenoxy) is 5. The number of hydrogen-bond donors (Lipinski definition) is 0. The van der Waals surface area contributed by atoms with Crippen molar-refractivity contribution in [2.24, 2.45) is 0 Å². The highest BCUT2D eigenvalue weighted by atomic mass is 79.9. The summed E-state index contributed by atoms with van der Waals surface area (Å²) in [4.78, 5) is 52.8. The first kappa shape index (κ1) is 38.2. The largest absolute Gasteiger partial charge is 0.452 e. The van der Waals surface area contributed by atoms with Crippen LogP contribution in [-0.4, -0.2) is 65.8 Å². The van der Waals surface area contributed by atoms with E-state index in [4.69, 9.17) is 46.9 Å². The molecule has 2 unspecified atom stereocenters. The van der Waals surface area contributed by atoms with Gasteiger partial charge in [0.1, 0.15) is 0 Å². The Hall–Kier alpha value is -4.22. The zero-order chi connectivity index (χ0) is 34.9. The van der Waals surface area contributed by atoms with Gasteiger partial charge in [-0.3, -0.25) is 0 Å². The maximum Gasteiger partial charge on any atom is 0.340 e. The Labute approximate surface area is 297 Å². The lowest BCUT2D eigenvalue weighted by Gasteiger charge is -2.43. The molecule has 0 aliphatic carbocycles. The number of alkyl halides is 3. The summed E-state index contributed by atoms with van der Waals surface area (Å²) in [5.74, 6) is -1.22. The van der Waals surface area contributed by atoms with Crippen molar-refractivity contribution < 1.29 is 42.9 Å². The Kier molecular flexibility index (Phi) is 16.1. The van der Waals surface area contributed by atoms with E-state index in [0.29, 0.717) is 0 Å². The van der Waals surface area contributed by atoms with Crippen LogP contribution in [0.25, 0.3) is 0 Å². The molecule has 0 spiro atoms. The summed E-state index contributed by atoms with van der Waals surface area (Å²) in [6.45, 7) is 1.57. The molecule has 1 aliphatic heterocycles. The average Bonchev–Trinajstić information content (AvgIpc) is 3.13. The zero-order valence-corrected chi connectivity index (χ0v) is 29.0. The van der Waals surface area contributed by atoms with Crippen LogP contribution in [-0.2, 0) is 23.7 Å². The number of halogens is 3. The second-order valence-electron chi connectivity index (χ2n) is 9.79. The van der Waals surface area contributed by atoms with Crippen LogP contribution in [0, 0.1) is 0 Å². The third-order valence-electron chi connectivity index (χ3n) is 6.72. The molecule has 0 radical (unpaired) electrons. The Morgan fingerprint density at radius 1 is 0.521 bits per heavy atom. The van der Waals surface area contributed by atoms with Gasteiger partial charge in [0.15, 0.2) is 12.2 Å². The number of carbonyl (C=O) groups is 4. The fourth-order valence-corrected chi connectivity index (χ4v) is 4.54. The van der Waals surface area contributed by atoms with Crippen LogP contribution in [0.5, 0.6) is 0 Å². The van der Waals surface area contributed by atoms with E-state index in [2.05, 4.69) is 15.9 Å². The van der Waals surface area contributed by atoms with Crippen molar-refractivity contribution in [3.8, 4) is 0 Å². The second kappa shape index (κ2) is 20.2. The van der Waals surface area contributed by atoms with E-state index in [9.17, 15) is 19.2 Å². The first-order chi connectivity index (χ1) is 23.3. The molecular weight excluding hydrogens is 727 g/mol. The molecule has 1 aliphatic rings. The molecule has 0 N–H and O–H groups in total. The topological polar surface area (TPSA) is 114 Å². The molecule has 0 amide bonds. The fourth-order valence-electron chi connectivity index (χ4n) is 4.54. The van der Waals surface area contributed by atoms with E-state index in [1.807, 2.05) is 5.83 Å². The molecule has 1 fully saturated rings.